The van der Waals surface area contributed by atoms with Gasteiger partial charge in [0.2, 0.25) is 5.91 Å². The van der Waals surface area contributed by atoms with Crippen LogP contribution in [0.5, 0.6) is 11.5 Å². The lowest BCUT2D eigenvalue weighted by Gasteiger charge is -2.12. The van der Waals surface area contributed by atoms with E-state index in [0.29, 0.717) is 26.0 Å². The molecule has 0 aliphatic carbocycles. The van der Waals surface area contributed by atoms with Crippen LogP contribution >= 0.6 is 0 Å². The van der Waals surface area contributed by atoms with Crippen LogP contribution in [-0.4, -0.2) is 25.2 Å². The van der Waals surface area contributed by atoms with Gasteiger partial charge in [-0.25, -0.2) is 4.39 Å². The van der Waals surface area contributed by atoms with Gasteiger partial charge in [0, 0.05) is 12.8 Å². The van der Waals surface area contributed by atoms with Gasteiger partial charge >= 0.3 is 0 Å². The molecule has 1 unspecified atom stereocenters. The number of rotatable bonds is 7. The molecule has 0 radical (unpaired) electrons. The van der Waals surface area contributed by atoms with E-state index in [9.17, 15) is 9.18 Å². The fourth-order valence-corrected chi connectivity index (χ4v) is 2.66. The number of carbonyl (C=O) groups excluding carboxylic acids is 1. The van der Waals surface area contributed by atoms with Crippen LogP contribution in [0, 0.1) is 5.82 Å². The van der Waals surface area contributed by atoms with E-state index in [4.69, 9.17) is 9.47 Å². The highest BCUT2D eigenvalue weighted by Gasteiger charge is 2.22. The van der Waals surface area contributed by atoms with Crippen molar-refractivity contribution >= 4 is 5.91 Å². The number of nitrogens with one attached hydrogen (secondary N) is 1. The van der Waals surface area contributed by atoms with E-state index in [1.807, 2.05) is 24.3 Å². The van der Waals surface area contributed by atoms with Gasteiger partial charge in [-0.3, -0.25) is 4.79 Å². The van der Waals surface area contributed by atoms with Gasteiger partial charge in [-0.05, 0) is 30.2 Å². The van der Waals surface area contributed by atoms with Crippen LogP contribution in [0.2, 0.25) is 0 Å². The topological polar surface area (TPSA) is 47.6 Å². The Morgan fingerprint density at radius 2 is 2.00 bits per heavy atom. The number of hydrogen-bond donors (Lipinski definition) is 1. The van der Waals surface area contributed by atoms with E-state index >= 15 is 0 Å². The van der Waals surface area contributed by atoms with Crippen LogP contribution in [0.25, 0.3) is 0 Å². The average Bonchev–Trinajstić information content (AvgIpc) is 3.01. The monoisotopic (exact) mass is 329 g/mol. The second-order valence-electron chi connectivity index (χ2n) is 5.74. The van der Waals surface area contributed by atoms with Gasteiger partial charge in [-0.2, -0.15) is 0 Å². The molecule has 1 aliphatic heterocycles. The van der Waals surface area contributed by atoms with Crippen molar-refractivity contribution in [1.29, 1.82) is 0 Å². The van der Waals surface area contributed by atoms with E-state index in [-0.39, 0.29) is 23.6 Å². The minimum atomic E-state index is -0.389. The molecule has 0 bridgehead atoms. The van der Waals surface area contributed by atoms with Crippen LogP contribution in [0.1, 0.15) is 18.4 Å². The van der Waals surface area contributed by atoms with Gasteiger partial charge < -0.3 is 14.8 Å². The normalized spacial score (nSPS) is 15.5. The maximum atomic E-state index is 13.4. The second kappa shape index (κ2) is 7.81. The average molecular weight is 329 g/mol. The largest absolute Gasteiger partial charge is 0.491 e. The summed E-state index contributed by atoms with van der Waals surface area (Å²) in [4.78, 5) is 11.9. The smallest absolute Gasteiger partial charge is 0.220 e. The second-order valence-corrected chi connectivity index (χ2v) is 5.74. The minimum Gasteiger partial charge on any atom is -0.491 e. The number of amides is 1. The molecule has 2 aromatic carbocycles. The lowest BCUT2D eigenvalue weighted by molar-refractivity contribution is -0.121. The summed E-state index contributed by atoms with van der Waals surface area (Å²) >= 11 is 0. The first kappa shape index (κ1) is 16.3. The Hall–Kier alpha value is -2.56. The number of ether oxygens (including phenoxy) is 2. The zero-order chi connectivity index (χ0) is 16.8. The lowest BCUT2D eigenvalue weighted by Crippen LogP contribution is -2.34. The Morgan fingerprint density at radius 3 is 2.83 bits per heavy atom. The molecular formula is C19H20FNO3. The summed E-state index contributed by atoms with van der Waals surface area (Å²) in [6, 6.07) is 14.2. The van der Waals surface area contributed by atoms with E-state index < -0.39 is 0 Å². The van der Waals surface area contributed by atoms with Gasteiger partial charge in [-0.1, -0.05) is 30.3 Å². The van der Waals surface area contributed by atoms with Crippen LogP contribution in [0.4, 0.5) is 4.39 Å². The van der Waals surface area contributed by atoms with Gasteiger partial charge in [0.05, 0.1) is 13.2 Å². The van der Waals surface area contributed by atoms with Crippen molar-refractivity contribution in [2.45, 2.75) is 25.4 Å². The Bertz CT molecular complexity index is 680. The van der Waals surface area contributed by atoms with Crippen molar-refractivity contribution < 1.29 is 18.7 Å². The van der Waals surface area contributed by atoms with E-state index in [1.54, 1.807) is 18.2 Å². The highest BCUT2D eigenvalue weighted by Crippen LogP contribution is 2.27. The van der Waals surface area contributed by atoms with Crippen LogP contribution in [0.15, 0.2) is 48.5 Å². The molecule has 3 rings (SSSR count). The molecule has 5 heteroatoms. The molecule has 0 saturated heterocycles. The molecule has 4 nitrogen and oxygen atoms in total. The summed E-state index contributed by atoms with van der Waals surface area (Å²) < 4.78 is 24.5. The number of benzene rings is 2. The van der Waals surface area contributed by atoms with Crippen molar-refractivity contribution in [3.05, 3.63) is 59.9 Å². The first-order chi connectivity index (χ1) is 11.7. The zero-order valence-electron chi connectivity index (χ0n) is 13.3. The highest BCUT2D eigenvalue weighted by molar-refractivity contribution is 5.75. The molecule has 2 aromatic rings. The summed E-state index contributed by atoms with van der Waals surface area (Å²) in [5.74, 6) is 0.677. The number of carbonyl (C=O) groups is 1. The van der Waals surface area contributed by atoms with Crippen LogP contribution in [0.3, 0.4) is 0 Å². The summed E-state index contributed by atoms with van der Waals surface area (Å²) in [5, 5.41) is 2.88. The molecule has 0 fully saturated rings. The SMILES string of the molecule is O=C(CCCOc1ccccc1F)NCC1Cc2ccccc2O1. The van der Waals surface area contributed by atoms with Gasteiger partial charge in [0.15, 0.2) is 11.6 Å². The van der Waals surface area contributed by atoms with Gasteiger partial charge in [-0.15, -0.1) is 0 Å². The summed E-state index contributed by atoms with van der Waals surface area (Å²) in [7, 11) is 0. The Morgan fingerprint density at radius 1 is 1.21 bits per heavy atom. The zero-order valence-corrected chi connectivity index (χ0v) is 13.3. The Labute approximate surface area is 140 Å². The molecule has 24 heavy (non-hydrogen) atoms. The van der Waals surface area contributed by atoms with Gasteiger partial charge in [0.25, 0.3) is 0 Å². The third kappa shape index (κ3) is 4.25. The van der Waals surface area contributed by atoms with E-state index in [1.165, 1.54) is 11.6 Å². The summed E-state index contributed by atoms with van der Waals surface area (Å²) in [6.07, 6.45) is 1.67. The number of hydrogen-bond acceptors (Lipinski definition) is 3. The maximum absolute atomic E-state index is 13.4. The fourth-order valence-electron chi connectivity index (χ4n) is 2.66. The third-order valence-electron chi connectivity index (χ3n) is 3.88. The first-order valence-electron chi connectivity index (χ1n) is 8.11. The molecule has 1 amide bonds. The van der Waals surface area contributed by atoms with Crippen molar-refractivity contribution in [2.75, 3.05) is 13.2 Å². The Balaban J connectivity index is 1.32. The molecular weight excluding hydrogens is 309 g/mol. The van der Waals surface area contributed by atoms with Crippen molar-refractivity contribution in [2.24, 2.45) is 0 Å². The maximum Gasteiger partial charge on any atom is 0.220 e. The van der Waals surface area contributed by atoms with Crippen molar-refractivity contribution in [3.63, 3.8) is 0 Å². The predicted octanol–water partition coefficient (Wildman–Crippen LogP) is 3.10. The predicted molar refractivity (Wildman–Crippen MR) is 88.7 cm³/mol. The number of halogens is 1. The minimum absolute atomic E-state index is 0.0129. The summed E-state index contributed by atoms with van der Waals surface area (Å²) in [6.45, 7) is 0.793. The molecule has 1 N–H and O–H groups in total. The fraction of sp³-hybridized carbons (Fsp3) is 0.316. The highest BCUT2D eigenvalue weighted by atomic mass is 19.1. The standard InChI is InChI=1S/C19H20FNO3/c20-16-7-2-4-9-18(16)23-11-5-10-19(22)21-13-15-12-14-6-1-3-8-17(14)24-15/h1-4,6-9,15H,5,10-13H2,(H,21,22). The molecule has 1 aliphatic rings. The molecule has 1 atom stereocenters. The number of fused-ring (bicyclic) bond motifs is 1. The molecule has 0 aromatic heterocycles. The molecule has 0 spiro atoms. The van der Waals surface area contributed by atoms with E-state index in [2.05, 4.69) is 5.32 Å². The van der Waals surface area contributed by atoms with Crippen molar-refractivity contribution in [1.82, 2.24) is 5.32 Å². The molecule has 126 valence electrons. The van der Waals surface area contributed by atoms with Crippen LogP contribution < -0.4 is 14.8 Å². The Kier molecular flexibility index (Phi) is 5.31. The van der Waals surface area contributed by atoms with Gasteiger partial charge in [0.1, 0.15) is 11.9 Å². The van der Waals surface area contributed by atoms with Crippen molar-refractivity contribution in [3.8, 4) is 11.5 Å². The molecule has 1 heterocycles. The quantitative estimate of drug-likeness (QED) is 0.794. The van der Waals surface area contributed by atoms with E-state index in [0.717, 1.165) is 12.2 Å². The first-order valence-corrected chi connectivity index (χ1v) is 8.11. The third-order valence-corrected chi connectivity index (χ3v) is 3.88. The lowest BCUT2D eigenvalue weighted by atomic mass is 10.1. The molecule has 0 saturated carbocycles. The number of para-hydroxylation sites is 2. The van der Waals surface area contributed by atoms with Crippen LogP contribution in [-0.2, 0) is 11.2 Å². The summed E-state index contributed by atoms with van der Waals surface area (Å²) in [5.41, 5.74) is 1.18.